The molecule has 2 aromatic rings. The van der Waals surface area contributed by atoms with Gasteiger partial charge in [0.05, 0.1) is 11.9 Å². The molecular weight excluding hydrogens is 286 g/mol. The van der Waals surface area contributed by atoms with E-state index in [1.165, 1.54) is 15.6 Å². The Hall–Kier alpha value is -2.57. The first-order chi connectivity index (χ1) is 10.1. The van der Waals surface area contributed by atoms with Gasteiger partial charge >= 0.3 is 12.1 Å². The number of anilines is 1. The molecule has 7 nitrogen and oxygen atoms in total. The van der Waals surface area contributed by atoms with Crippen molar-refractivity contribution < 1.29 is 19.4 Å². The maximum absolute atomic E-state index is 12.3. The molecule has 2 rings (SSSR count). The molecule has 7 heteroatoms. The zero-order valence-corrected chi connectivity index (χ0v) is 13.2. The number of carbonyl (C=O) groups excluding carboxylic acids is 1. The molecule has 0 spiro atoms. The van der Waals surface area contributed by atoms with Crippen molar-refractivity contribution in [3.05, 3.63) is 29.6 Å². The average Bonchev–Trinajstić information content (AvgIpc) is 2.79. The van der Waals surface area contributed by atoms with Crippen molar-refractivity contribution in [1.29, 1.82) is 0 Å². The largest absolute Gasteiger partial charge is 0.478 e. The fraction of sp³-hybridized carbons (Fsp3) is 0.400. The van der Waals surface area contributed by atoms with E-state index >= 15 is 0 Å². The van der Waals surface area contributed by atoms with Crippen LogP contribution in [0.15, 0.2) is 18.5 Å². The number of hydrogen-bond donors (Lipinski definition) is 1. The lowest BCUT2D eigenvalue weighted by Crippen LogP contribution is -2.34. The maximum Gasteiger partial charge on any atom is 0.414 e. The Balaban J connectivity index is 2.58. The zero-order valence-electron chi connectivity index (χ0n) is 13.2. The molecule has 0 aliphatic rings. The number of ether oxygens (including phenoxy) is 1. The van der Waals surface area contributed by atoms with E-state index in [4.69, 9.17) is 4.74 Å². The SMILES string of the molecule is Cc1ccn2ncc(C(=O)O)c2c1N(C)C(=O)OC(C)(C)C. The summed E-state index contributed by atoms with van der Waals surface area (Å²) in [5, 5.41) is 13.3. The summed E-state index contributed by atoms with van der Waals surface area (Å²) in [7, 11) is 1.55. The molecule has 0 saturated heterocycles. The maximum atomic E-state index is 12.3. The Labute approximate surface area is 128 Å². The second kappa shape index (κ2) is 5.32. The minimum atomic E-state index is -1.10. The third kappa shape index (κ3) is 2.88. The number of carboxylic acid groups (broad SMARTS) is 1. The van der Waals surface area contributed by atoms with Crippen LogP contribution in [-0.4, -0.2) is 39.4 Å². The average molecular weight is 305 g/mol. The number of pyridine rings is 1. The number of carbonyl (C=O) groups is 2. The molecule has 2 aromatic heterocycles. The van der Waals surface area contributed by atoms with Gasteiger partial charge < -0.3 is 9.84 Å². The van der Waals surface area contributed by atoms with Crippen molar-refractivity contribution in [1.82, 2.24) is 9.61 Å². The number of aromatic nitrogens is 2. The van der Waals surface area contributed by atoms with Crippen LogP contribution in [0.5, 0.6) is 0 Å². The first-order valence-corrected chi connectivity index (χ1v) is 6.79. The van der Waals surface area contributed by atoms with Crippen LogP contribution in [-0.2, 0) is 4.74 Å². The molecule has 1 N–H and O–H groups in total. The van der Waals surface area contributed by atoms with Crippen molar-refractivity contribution in [3.63, 3.8) is 0 Å². The highest BCUT2D eigenvalue weighted by Crippen LogP contribution is 2.29. The molecule has 0 aliphatic heterocycles. The molecule has 22 heavy (non-hydrogen) atoms. The predicted molar refractivity (Wildman–Crippen MR) is 81.5 cm³/mol. The minimum absolute atomic E-state index is 0.0362. The van der Waals surface area contributed by atoms with Gasteiger partial charge in [-0.3, -0.25) is 4.90 Å². The standard InChI is InChI=1S/C15H19N3O4/c1-9-6-7-18-12(10(8-16-18)13(19)20)11(9)17(5)14(21)22-15(2,3)4/h6-8H,1-5H3,(H,19,20). The van der Waals surface area contributed by atoms with Crippen molar-refractivity contribution in [2.45, 2.75) is 33.3 Å². The van der Waals surface area contributed by atoms with Crippen LogP contribution in [0.3, 0.4) is 0 Å². The lowest BCUT2D eigenvalue weighted by molar-refractivity contribution is 0.0587. The number of fused-ring (bicyclic) bond motifs is 1. The second-order valence-electron chi connectivity index (χ2n) is 6.04. The highest BCUT2D eigenvalue weighted by Gasteiger charge is 2.25. The summed E-state index contributed by atoms with van der Waals surface area (Å²) < 4.78 is 6.78. The number of rotatable bonds is 2. The highest BCUT2D eigenvalue weighted by molar-refractivity contribution is 6.03. The van der Waals surface area contributed by atoms with Crippen LogP contribution in [0.4, 0.5) is 10.5 Å². The van der Waals surface area contributed by atoms with E-state index in [-0.39, 0.29) is 5.56 Å². The minimum Gasteiger partial charge on any atom is -0.478 e. The number of amides is 1. The number of aromatic carboxylic acids is 1. The van der Waals surface area contributed by atoms with Gasteiger partial charge in [-0.15, -0.1) is 0 Å². The Morgan fingerprint density at radius 1 is 1.36 bits per heavy atom. The van der Waals surface area contributed by atoms with Gasteiger partial charge in [0.15, 0.2) is 0 Å². The quantitative estimate of drug-likeness (QED) is 0.922. The molecule has 0 aromatic carbocycles. The van der Waals surface area contributed by atoms with Gasteiger partial charge in [0, 0.05) is 13.2 Å². The summed E-state index contributed by atoms with van der Waals surface area (Å²) in [5.74, 6) is -1.10. The Morgan fingerprint density at radius 3 is 2.55 bits per heavy atom. The van der Waals surface area contributed by atoms with Crippen LogP contribution in [0.1, 0.15) is 36.7 Å². The fourth-order valence-electron chi connectivity index (χ4n) is 2.16. The van der Waals surface area contributed by atoms with Crippen LogP contribution in [0.2, 0.25) is 0 Å². The first kappa shape index (κ1) is 15.8. The number of carboxylic acids is 1. The smallest absolute Gasteiger partial charge is 0.414 e. The van der Waals surface area contributed by atoms with Gasteiger partial charge in [-0.1, -0.05) is 0 Å². The van der Waals surface area contributed by atoms with Crippen molar-refractivity contribution in [3.8, 4) is 0 Å². The molecule has 2 heterocycles. The van der Waals surface area contributed by atoms with Crippen LogP contribution < -0.4 is 4.90 Å². The van der Waals surface area contributed by atoms with E-state index in [0.717, 1.165) is 5.56 Å². The number of hydrogen-bond acceptors (Lipinski definition) is 4. The van der Waals surface area contributed by atoms with Gasteiger partial charge in [0.2, 0.25) is 0 Å². The molecule has 0 saturated carbocycles. The summed E-state index contributed by atoms with van der Waals surface area (Å²) in [6.07, 6.45) is 2.37. The zero-order chi connectivity index (χ0) is 16.7. The van der Waals surface area contributed by atoms with Gasteiger partial charge in [-0.05, 0) is 39.3 Å². The molecule has 0 atom stereocenters. The fourth-order valence-corrected chi connectivity index (χ4v) is 2.16. The van der Waals surface area contributed by atoms with Crippen LogP contribution >= 0.6 is 0 Å². The van der Waals surface area contributed by atoms with Crippen molar-refractivity contribution >= 4 is 23.3 Å². The Kier molecular flexibility index (Phi) is 3.83. The Bertz CT molecular complexity index is 743. The van der Waals surface area contributed by atoms with Gasteiger partial charge in [-0.2, -0.15) is 5.10 Å². The molecule has 118 valence electrons. The molecule has 1 amide bonds. The van der Waals surface area contributed by atoms with Gasteiger partial charge in [0.25, 0.3) is 0 Å². The van der Waals surface area contributed by atoms with E-state index in [1.54, 1.807) is 47.0 Å². The van der Waals surface area contributed by atoms with Crippen LogP contribution in [0.25, 0.3) is 5.52 Å². The topological polar surface area (TPSA) is 84.1 Å². The third-order valence-corrected chi connectivity index (χ3v) is 3.09. The van der Waals surface area contributed by atoms with E-state index < -0.39 is 17.7 Å². The molecule has 0 unspecified atom stereocenters. The molecule has 0 fully saturated rings. The van der Waals surface area contributed by atoms with Crippen molar-refractivity contribution in [2.75, 3.05) is 11.9 Å². The molecular formula is C15H19N3O4. The monoisotopic (exact) mass is 305 g/mol. The molecule has 0 radical (unpaired) electrons. The van der Waals surface area contributed by atoms with Gasteiger partial charge in [0.1, 0.15) is 16.7 Å². The van der Waals surface area contributed by atoms with E-state index in [9.17, 15) is 14.7 Å². The lowest BCUT2D eigenvalue weighted by atomic mass is 10.1. The normalized spacial score (nSPS) is 11.5. The number of nitrogens with zero attached hydrogens (tertiary/aromatic N) is 3. The van der Waals surface area contributed by atoms with Crippen molar-refractivity contribution in [2.24, 2.45) is 0 Å². The summed E-state index contributed by atoms with van der Waals surface area (Å²) in [6, 6.07) is 1.77. The summed E-state index contributed by atoms with van der Waals surface area (Å²) >= 11 is 0. The summed E-state index contributed by atoms with van der Waals surface area (Å²) in [4.78, 5) is 25.0. The molecule has 0 bridgehead atoms. The Morgan fingerprint density at radius 2 is 2.00 bits per heavy atom. The second-order valence-corrected chi connectivity index (χ2v) is 6.04. The third-order valence-electron chi connectivity index (χ3n) is 3.09. The van der Waals surface area contributed by atoms with E-state index in [2.05, 4.69) is 5.10 Å². The number of aryl methyl sites for hydroxylation is 1. The molecule has 0 aliphatic carbocycles. The van der Waals surface area contributed by atoms with E-state index in [1.807, 2.05) is 0 Å². The van der Waals surface area contributed by atoms with Crippen LogP contribution in [0, 0.1) is 6.92 Å². The van der Waals surface area contributed by atoms with E-state index in [0.29, 0.717) is 11.2 Å². The first-order valence-electron chi connectivity index (χ1n) is 6.79. The lowest BCUT2D eigenvalue weighted by Gasteiger charge is -2.26. The summed E-state index contributed by atoms with van der Waals surface area (Å²) in [6.45, 7) is 7.11. The summed E-state index contributed by atoms with van der Waals surface area (Å²) in [5.41, 5.74) is 0.977. The van der Waals surface area contributed by atoms with Gasteiger partial charge in [-0.25, -0.2) is 14.1 Å². The highest BCUT2D eigenvalue weighted by atomic mass is 16.6. The predicted octanol–water partition coefficient (Wildman–Crippen LogP) is 2.71.